The van der Waals surface area contributed by atoms with Crippen LogP contribution in [0.25, 0.3) is 53.2 Å². The molecule has 3 heteroatoms. The minimum absolute atomic E-state index is 0.000657. The van der Waals surface area contributed by atoms with Crippen LogP contribution in [-0.2, 0) is 10.8 Å². The maximum absolute atomic E-state index is 6.34. The Bertz CT molecular complexity index is 2440. The molecule has 218 valence electrons. The molecular formula is C42H33NOS. The number of nitrogens with zero attached hydrogens (tertiary/aromatic N) is 1. The molecule has 0 bridgehead atoms. The molecule has 0 fully saturated rings. The van der Waals surface area contributed by atoms with Gasteiger partial charge in [0.1, 0.15) is 11.2 Å². The van der Waals surface area contributed by atoms with Gasteiger partial charge in [-0.25, -0.2) is 0 Å². The zero-order chi connectivity index (χ0) is 30.5. The molecule has 45 heavy (non-hydrogen) atoms. The first-order chi connectivity index (χ1) is 21.8. The van der Waals surface area contributed by atoms with Gasteiger partial charge in [-0.1, -0.05) is 94.4 Å². The Labute approximate surface area is 267 Å². The van der Waals surface area contributed by atoms with Crippen LogP contribution in [0.5, 0.6) is 0 Å². The first-order valence-corrected chi connectivity index (χ1v) is 16.5. The van der Waals surface area contributed by atoms with Gasteiger partial charge in [-0.05, 0) is 87.7 Å². The van der Waals surface area contributed by atoms with Crippen molar-refractivity contribution < 1.29 is 4.42 Å². The Kier molecular flexibility index (Phi) is 5.50. The molecule has 8 aromatic rings. The summed E-state index contributed by atoms with van der Waals surface area (Å²) in [6, 6.07) is 46.3. The highest BCUT2D eigenvalue weighted by atomic mass is 32.1. The first kappa shape index (κ1) is 26.5. The molecule has 1 aliphatic carbocycles. The van der Waals surface area contributed by atoms with Crippen molar-refractivity contribution in [3.8, 4) is 11.1 Å². The third kappa shape index (κ3) is 3.68. The summed E-state index contributed by atoms with van der Waals surface area (Å²) in [6.45, 7) is 9.64. The monoisotopic (exact) mass is 599 g/mol. The van der Waals surface area contributed by atoms with Crippen LogP contribution in [0.3, 0.4) is 0 Å². The quantitative estimate of drug-likeness (QED) is 0.201. The van der Waals surface area contributed by atoms with Gasteiger partial charge in [0, 0.05) is 54.1 Å². The summed E-state index contributed by atoms with van der Waals surface area (Å²) in [7, 11) is 0. The number of thiophene rings is 1. The largest absolute Gasteiger partial charge is 0.456 e. The molecule has 0 radical (unpaired) electrons. The van der Waals surface area contributed by atoms with Crippen molar-refractivity contribution in [2.24, 2.45) is 0 Å². The van der Waals surface area contributed by atoms with E-state index in [4.69, 9.17) is 4.42 Å². The number of para-hydroxylation sites is 2. The normalized spacial score (nSPS) is 15.0. The predicted octanol–water partition coefficient (Wildman–Crippen LogP) is 12.7. The summed E-state index contributed by atoms with van der Waals surface area (Å²) in [5, 5.41) is 4.96. The minimum atomic E-state index is -0.0329. The van der Waals surface area contributed by atoms with Gasteiger partial charge in [0.05, 0.1) is 0 Å². The van der Waals surface area contributed by atoms with Gasteiger partial charge in [0.15, 0.2) is 0 Å². The van der Waals surface area contributed by atoms with Gasteiger partial charge in [-0.3, -0.25) is 0 Å². The SMILES string of the molecule is CC1(C)c2ccccc2-c2c(ccc3sc4ccc(N(c5ccccc5)c5ccc6c(c5)oc5ccccc56)cc4c23)C1(C)C. The lowest BCUT2D eigenvalue weighted by Crippen LogP contribution is -2.43. The Morgan fingerprint density at radius 3 is 2.04 bits per heavy atom. The van der Waals surface area contributed by atoms with E-state index in [2.05, 4.69) is 148 Å². The van der Waals surface area contributed by atoms with E-state index in [-0.39, 0.29) is 10.8 Å². The fourth-order valence-corrected chi connectivity index (χ4v) is 8.69. The lowest BCUT2D eigenvalue weighted by Gasteiger charge is -2.48. The van der Waals surface area contributed by atoms with Crippen LogP contribution < -0.4 is 4.90 Å². The highest BCUT2D eigenvalue weighted by Crippen LogP contribution is 2.57. The second-order valence-electron chi connectivity index (χ2n) is 13.4. The molecule has 0 atom stereocenters. The fourth-order valence-electron chi connectivity index (χ4n) is 7.59. The molecule has 2 aromatic heterocycles. The zero-order valence-electron chi connectivity index (χ0n) is 25.9. The maximum atomic E-state index is 6.34. The Morgan fingerprint density at radius 1 is 0.511 bits per heavy atom. The average Bonchev–Trinajstić information content (AvgIpc) is 3.62. The smallest absolute Gasteiger partial charge is 0.137 e. The van der Waals surface area contributed by atoms with E-state index in [1.165, 1.54) is 42.4 Å². The second-order valence-corrected chi connectivity index (χ2v) is 14.5. The summed E-state index contributed by atoms with van der Waals surface area (Å²) in [4.78, 5) is 2.35. The van der Waals surface area contributed by atoms with Gasteiger partial charge >= 0.3 is 0 Å². The molecule has 0 saturated heterocycles. The van der Waals surface area contributed by atoms with Crippen molar-refractivity contribution in [1.29, 1.82) is 0 Å². The van der Waals surface area contributed by atoms with Crippen LogP contribution in [0.1, 0.15) is 38.8 Å². The summed E-state index contributed by atoms with van der Waals surface area (Å²) in [5.41, 5.74) is 10.7. The number of anilines is 3. The third-order valence-corrected chi connectivity index (χ3v) is 11.8. The van der Waals surface area contributed by atoms with Crippen molar-refractivity contribution in [2.75, 3.05) is 4.90 Å². The number of benzene rings is 6. The van der Waals surface area contributed by atoms with E-state index in [9.17, 15) is 0 Å². The van der Waals surface area contributed by atoms with Crippen molar-refractivity contribution in [3.63, 3.8) is 0 Å². The molecule has 2 heterocycles. The predicted molar refractivity (Wildman–Crippen MR) is 193 cm³/mol. The molecular weight excluding hydrogens is 567 g/mol. The third-order valence-electron chi connectivity index (χ3n) is 10.6. The Morgan fingerprint density at radius 2 is 1.18 bits per heavy atom. The summed E-state index contributed by atoms with van der Waals surface area (Å²) < 4.78 is 8.98. The van der Waals surface area contributed by atoms with E-state index in [0.717, 1.165) is 39.0 Å². The van der Waals surface area contributed by atoms with Gasteiger partial charge in [0.2, 0.25) is 0 Å². The van der Waals surface area contributed by atoms with Gasteiger partial charge < -0.3 is 9.32 Å². The van der Waals surface area contributed by atoms with Crippen LogP contribution in [0, 0.1) is 0 Å². The molecule has 0 unspecified atom stereocenters. The van der Waals surface area contributed by atoms with Crippen molar-refractivity contribution >= 4 is 70.5 Å². The number of rotatable bonds is 3. The van der Waals surface area contributed by atoms with E-state index < -0.39 is 0 Å². The van der Waals surface area contributed by atoms with Crippen LogP contribution in [0.15, 0.2) is 132 Å². The van der Waals surface area contributed by atoms with Crippen molar-refractivity contribution in [1.82, 2.24) is 0 Å². The van der Waals surface area contributed by atoms with Gasteiger partial charge in [0.25, 0.3) is 0 Å². The Balaban J connectivity index is 1.31. The van der Waals surface area contributed by atoms with Gasteiger partial charge in [-0.2, -0.15) is 0 Å². The van der Waals surface area contributed by atoms with Crippen LogP contribution >= 0.6 is 11.3 Å². The van der Waals surface area contributed by atoms with Crippen LogP contribution in [0.2, 0.25) is 0 Å². The summed E-state index contributed by atoms with van der Waals surface area (Å²) in [6.07, 6.45) is 0. The molecule has 0 N–H and O–H groups in total. The van der Waals surface area contributed by atoms with E-state index >= 15 is 0 Å². The van der Waals surface area contributed by atoms with Crippen LogP contribution in [-0.4, -0.2) is 0 Å². The van der Waals surface area contributed by atoms with E-state index in [1.807, 2.05) is 23.5 Å². The zero-order valence-corrected chi connectivity index (χ0v) is 26.7. The number of hydrogen-bond acceptors (Lipinski definition) is 3. The molecule has 0 spiro atoms. The standard InChI is InChI=1S/C42H33NOS/c1-41(2)33-16-10-8-15-31(33)39-34(42(41,3)4)21-23-38-40(39)32-24-27(19-22-37(32)45-38)43(26-12-6-5-7-13-26)28-18-20-30-29-14-9-11-17-35(29)44-36(30)25-28/h5-25H,1-4H3. The lowest BCUT2D eigenvalue weighted by molar-refractivity contribution is 0.299. The highest BCUT2D eigenvalue weighted by Gasteiger charge is 2.46. The molecule has 0 amide bonds. The summed E-state index contributed by atoms with van der Waals surface area (Å²) >= 11 is 1.89. The van der Waals surface area contributed by atoms with E-state index in [0.29, 0.717) is 0 Å². The molecule has 6 aromatic carbocycles. The minimum Gasteiger partial charge on any atom is -0.456 e. The van der Waals surface area contributed by atoms with Gasteiger partial charge in [-0.15, -0.1) is 11.3 Å². The first-order valence-electron chi connectivity index (χ1n) is 15.7. The van der Waals surface area contributed by atoms with Crippen molar-refractivity contribution in [2.45, 2.75) is 38.5 Å². The van der Waals surface area contributed by atoms with Crippen LogP contribution in [0.4, 0.5) is 17.1 Å². The second kappa shape index (κ2) is 9.32. The molecule has 9 rings (SSSR count). The van der Waals surface area contributed by atoms with E-state index in [1.54, 1.807) is 0 Å². The molecule has 2 nitrogen and oxygen atoms in total. The number of fused-ring (bicyclic) bond motifs is 10. The topological polar surface area (TPSA) is 16.4 Å². The lowest BCUT2D eigenvalue weighted by atomic mass is 9.55. The highest BCUT2D eigenvalue weighted by molar-refractivity contribution is 7.26. The number of hydrogen-bond donors (Lipinski definition) is 0. The number of furan rings is 1. The van der Waals surface area contributed by atoms with Crippen molar-refractivity contribution in [3.05, 3.63) is 139 Å². The maximum Gasteiger partial charge on any atom is 0.137 e. The fraction of sp³-hybridized carbons (Fsp3) is 0.143. The summed E-state index contributed by atoms with van der Waals surface area (Å²) in [5.74, 6) is 0. The molecule has 0 aliphatic heterocycles. The Hall–Kier alpha value is -4.86. The molecule has 1 aliphatic rings. The molecule has 0 saturated carbocycles. The average molecular weight is 600 g/mol.